The number of anilines is 2. The minimum Gasteiger partial charge on any atom is -0.436 e. The maximum absolute atomic E-state index is 6.41. The van der Waals surface area contributed by atoms with Gasteiger partial charge in [0.05, 0.1) is 28.3 Å². The minimum absolute atomic E-state index is 0.106. The highest BCUT2D eigenvalue weighted by Crippen LogP contribution is 2.51. The van der Waals surface area contributed by atoms with Gasteiger partial charge in [-0.25, -0.2) is 15.0 Å². The Balaban J connectivity index is 0.998. The van der Waals surface area contributed by atoms with Gasteiger partial charge < -0.3 is 9.32 Å². The Kier molecular flexibility index (Phi) is 6.95. The van der Waals surface area contributed by atoms with Crippen LogP contribution in [0.2, 0.25) is 0 Å². The molecule has 0 bridgehead atoms. The first-order valence-corrected chi connectivity index (χ1v) is 19.4. The molecule has 1 aliphatic carbocycles. The number of rotatable bonds is 5. The van der Waals surface area contributed by atoms with E-state index in [2.05, 4.69) is 155 Å². The summed E-state index contributed by atoms with van der Waals surface area (Å²) in [5.41, 5.74) is 13.5. The molecular formula is C51H33N5O. The minimum atomic E-state index is 0.106. The molecule has 0 amide bonds. The molecule has 7 aromatic carbocycles. The summed E-state index contributed by atoms with van der Waals surface area (Å²) in [4.78, 5) is 17.8. The predicted octanol–water partition coefficient (Wildman–Crippen LogP) is 12.5. The van der Waals surface area contributed by atoms with Crippen molar-refractivity contribution >= 4 is 60.8 Å². The molecule has 0 fully saturated rings. The van der Waals surface area contributed by atoms with Gasteiger partial charge in [-0.1, -0.05) is 127 Å². The van der Waals surface area contributed by atoms with Crippen molar-refractivity contribution in [2.75, 3.05) is 4.90 Å². The molecule has 2 aliphatic rings. The van der Waals surface area contributed by atoms with Crippen molar-refractivity contribution in [1.82, 2.24) is 19.5 Å². The average Bonchev–Trinajstić information content (AvgIpc) is 3.95. The van der Waals surface area contributed by atoms with Crippen LogP contribution in [0.1, 0.15) is 17.0 Å². The molecule has 1 aliphatic heterocycles. The second kappa shape index (κ2) is 12.5. The van der Waals surface area contributed by atoms with Crippen LogP contribution >= 0.6 is 0 Å². The lowest BCUT2D eigenvalue weighted by molar-refractivity contribution is 0.619. The summed E-state index contributed by atoms with van der Waals surface area (Å²) in [6, 6.07) is 59.3. The van der Waals surface area contributed by atoms with E-state index >= 15 is 0 Å². The van der Waals surface area contributed by atoms with Crippen LogP contribution in [0.4, 0.5) is 11.4 Å². The normalized spacial score (nSPS) is 16.1. The summed E-state index contributed by atoms with van der Waals surface area (Å²) in [5, 5.41) is 3.35. The third-order valence-corrected chi connectivity index (χ3v) is 11.6. The molecule has 0 saturated carbocycles. The molecular weight excluding hydrogens is 699 g/mol. The second-order valence-corrected chi connectivity index (χ2v) is 14.8. The molecule has 2 unspecified atom stereocenters. The molecule has 10 aromatic rings. The Morgan fingerprint density at radius 1 is 0.526 bits per heavy atom. The van der Waals surface area contributed by atoms with E-state index in [1.807, 2.05) is 42.5 Å². The van der Waals surface area contributed by atoms with Gasteiger partial charge in [0.1, 0.15) is 5.52 Å². The number of fused-ring (bicyclic) bond motifs is 8. The largest absolute Gasteiger partial charge is 0.436 e. The highest BCUT2D eigenvalue weighted by atomic mass is 16.3. The molecule has 0 saturated heterocycles. The van der Waals surface area contributed by atoms with Crippen LogP contribution in [0.15, 0.2) is 193 Å². The fourth-order valence-electron chi connectivity index (χ4n) is 8.95. The Morgan fingerprint density at radius 3 is 2.05 bits per heavy atom. The van der Waals surface area contributed by atoms with Gasteiger partial charge in [0, 0.05) is 44.6 Å². The van der Waals surface area contributed by atoms with Crippen molar-refractivity contribution < 1.29 is 4.42 Å². The van der Waals surface area contributed by atoms with Gasteiger partial charge in [-0.05, 0) is 77.4 Å². The van der Waals surface area contributed by atoms with Gasteiger partial charge in [0.15, 0.2) is 5.58 Å². The zero-order chi connectivity index (χ0) is 37.5. The van der Waals surface area contributed by atoms with E-state index in [9.17, 15) is 0 Å². The van der Waals surface area contributed by atoms with Gasteiger partial charge in [-0.2, -0.15) is 0 Å². The lowest BCUT2D eigenvalue weighted by Crippen LogP contribution is -2.28. The average molecular weight is 732 g/mol. The zero-order valence-electron chi connectivity index (χ0n) is 30.7. The maximum Gasteiger partial charge on any atom is 0.235 e. The molecule has 268 valence electrons. The number of hydrogen-bond donors (Lipinski definition) is 0. The summed E-state index contributed by atoms with van der Waals surface area (Å²) in [6.45, 7) is 0. The molecule has 6 heteroatoms. The fourth-order valence-corrected chi connectivity index (χ4v) is 8.95. The molecule has 0 spiro atoms. The maximum atomic E-state index is 6.41. The van der Waals surface area contributed by atoms with Crippen LogP contribution in [0, 0.1) is 0 Å². The van der Waals surface area contributed by atoms with E-state index in [1.54, 1.807) is 0 Å². The number of para-hydroxylation sites is 3. The predicted molar refractivity (Wildman–Crippen MR) is 231 cm³/mol. The summed E-state index contributed by atoms with van der Waals surface area (Å²) in [6.07, 6.45) is 7.09. The van der Waals surface area contributed by atoms with Crippen molar-refractivity contribution in [3.05, 3.63) is 199 Å². The quantitative estimate of drug-likeness (QED) is 0.176. The SMILES string of the molecule is C1=CC2C(C=C1c1ccc3c(c1)c1ccccc1n3-c1nc(-c3ccccc3)c3ccccc3n1)c1cc3oc(-c4ccccc4)nc3cc1N2c1ccccc1. The van der Waals surface area contributed by atoms with Crippen LogP contribution in [-0.2, 0) is 0 Å². The highest BCUT2D eigenvalue weighted by Gasteiger charge is 2.39. The Hall–Kier alpha value is -7.57. The van der Waals surface area contributed by atoms with Gasteiger partial charge in [0.25, 0.3) is 0 Å². The van der Waals surface area contributed by atoms with Crippen molar-refractivity contribution in [2.24, 2.45) is 0 Å². The third kappa shape index (κ3) is 5.00. The van der Waals surface area contributed by atoms with Gasteiger partial charge in [-0.15, -0.1) is 0 Å². The van der Waals surface area contributed by atoms with Crippen LogP contribution in [0.25, 0.3) is 78.0 Å². The summed E-state index contributed by atoms with van der Waals surface area (Å²) < 4.78 is 8.63. The molecule has 57 heavy (non-hydrogen) atoms. The van der Waals surface area contributed by atoms with E-state index < -0.39 is 0 Å². The molecule has 0 N–H and O–H groups in total. The van der Waals surface area contributed by atoms with Crippen LogP contribution in [-0.4, -0.2) is 25.6 Å². The molecule has 12 rings (SSSR count). The molecule has 4 heterocycles. The number of hydrogen-bond acceptors (Lipinski definition) is 5. The standard InChI is InChI=1S/C51H33N5O/c1-4-14-32(15-5-1)49-38-21-10-12-22-42(38)53-51(54-49)56-44-23-13-11-20-37(44)39-28-34(25-27-46(39)56)35-24-26-45-40(29-35)41-30-48-43(52-50(57-48)33-16-6-2-7-17-33)31-47(41)55(45)36-18-8-3-9-19-36/h1-31,40,45H. The van der Waals surface area contributed by atoms with Crippen LogP contribution in [0.5, 0.6) is 0 Å². The van der Waals surface area contributed by atoms with Gasteiger partial charge >= 0.3 is 0 Å². The summed E-state index contributed by atoms with van der Waals surface area (Å²) in [7, 11) is 0. The number of nitrogens with zero attached hydrogens (tertiary/aromatic N) is 5. The molecule has 2 atom stereocenters. The first-order valence-electron chi connectivity index (χ1n) is 19.4. The first-order chi connectivity index (χ1) is 28.2. The lowest BCUT2D eigenvalue weighted by Gasteiger charge is -2.29. The number of aromatic nitrogens is 4. The van der Waals surface area contributed by atoms with Crippen molar-refractivity contribution in [2.45, 2.75) is 12.0 Å². The third-order valence-electron chi connectivity index (χ3n) is 11.6. The topological polar surface area (TPSA) is 60.0 Å². The van der Waals surface area contributed by atoms with E-state index in [0.717, 1.165) is 77.6 Å². The monoisotopic (exact) mass is 731 g/mol. The van der Waals surface area contributed by atoms with Crippen LogP contribution in [0.3, 0.4) is 0 Å². The number of allylic oxidation sites excluding steroid dienone is 2. The Labute approximate surface area is 328 Å². The van der Waals surface area contributed by atoms with E-state index in [1.165, 1.54) is 11.1 Å². The Morgan fingerprint density at radius 2 is 1.23 bits per heavy atom. The Bertz CT molecular complexity index is 3250. The fraction of sp³-hybridized carbons (Fsp3) is 0.0392. The second-order valence-electron chi connectivity index (χ2n) is 14.8. The van der Waals surface area contributed by atoms with Gasteiger partial charge in [-0.3, -0.25) is 4.57 Å². The zero-order valence-corrected chi connectivity index (χ0v) is 30.7. The molecule has 3 aromatic heterocycles. The number of oxazole rings is 1. The smallest absolute Gasteiger partial charge is 0.235 e. The molecule has 0 radical (unpaired) electrons. The van der Waals surface area contributed by atoms with Crippen molar-refractivity contribution in [3.8, 4) is 28.7 Å². The summed E-state index contributed by atoms with van der Waals surface area (Å²) in [5.74, 6) is 1.40. The lowest BCUT2D eigenvalue weighted by atomic mass is 9.86. The first kappa shape index (κ1) is 31.7. The van der Waals surface area contributed by atoms with Crippen molar-refractivity contribution in [3.63, 3.8) is 0 Å². The van der Waals surface area contributed by atoms with E-state index in [-0.39, 0.29) is 12.0 Å². The van der Waals surface area contributed by atoms with Crippen LogP contribution < -0.4 is 4.90 Å². The van der Waals surface area contributed by atoms with E-state index in [4.69, 9.17) is 19.4 Å². The highest BCUT2D eigenvalue weighted by molar-refractivity contribution is 6.10. The van der Waals surface area contributed by atoms with Gasteiger partial charge in [0.2, 0.25) is 11.8 Å². The van der Waals surface area contributed by atoms with E-state index in [0.29, 0.717) is 11.8 Å². The molecule has 6 nitrogen and oxygen atoms in total. The number of benzene rings is 7. The van der Waals surface area contributed by atoms with Crippen molar-refractivity contribution in [1.29, 1.82) is 0 Å². The summed E-state index contributed by atoms with van der Waals surface area (Å²) >= 11 is 0.